The number of carbonyl (C=O) groups is 1. The predicted octanol–water partition coefficient (Wildman–Crippen LogP) is 6.95. The third-order valence-corrected chi connectivity index (χ3v) is 10.5. The summed E-state index contributed by atoms with van der Waals surface area (Å²) in [5.74, 6) is 0.972. The first-order valence-electron chi connectivity index (χ1n) is 13.0. The standard InChI is InChI=1S/C27H38N6O3S2/c1-16(2)36-26(34)31-19-9-7-18(8-10-19)25-29-15-22(37-25)21-12-11-20(30-24-13-17(3)32-33-24)14-23(21)38(28,35)27(4,5)6/h11-16,18-19,28H,7-10H2,1-6H3,(H,31,34)(H2,30,32,33)/t18-,19-,38?. The Morgan fingerprint density at radius 2 is 1.92 bits per heavy atom. The molecule has 0 spiro atoms. The van der Waals surface area contributed by atoms with Gasteiger partial charge in [-0.3, -0.25) is 5.10 Å². The minimum atomic E-state index is -3.15. The van der Waals surface area contributed by atoms with Crippen LogP contribution in [0.5, 0.6) is 0 Å². The van der Waals surface area contributed by atoms with Gasteiger partial charge in [0.1, 0.15) is 0 Å². The van der Waals surface area contributed by atoms with Crippen LogP contribution in [0.4, 0.5) is 16.3 Å². The van der Waals surface area contributed by atoms with Gasteiger partial charge in [0, 0.05) is 45.9 Å². The fraction of sp³-hybridized carbons (Fsp3) is 0.519. The van der Waals surface area contributed by atoms with Gasteiger partial charge in [0.2, 0.25) is 0 Å². The first-order valence-corrected chi connectivity index (χ1v) is 15.4. The molecule has 1 saturated carbocycles. The van der Waals surface area contributed by atoms with Gasteiger partial charge in [-0.05, 0) is 79.4 Å². The second-order valence-corrected chi connectivity index (χ2v) is 15.0. The molecule has 2 aromatic heterocycles. The topological polar surface area (TPSA) is 133 Å². The minimum absolute atomic E-state index is 0.113. The second kappa shape index (κ2) is 11.1. The Balaban J connectivity index is 1.55. The van der Waals surface area contributed by atoms with Gasteiger partial charge >= 0.3 is 6.09 Å². The molecule has 1 unspecified atom stereocenters. The van der Waals surface area contributed by atoms with Gasteiger partial charge < -0.3 is 15.4 Å². The zero-order chi connectivity index (χ0) is 27.7. The number of amides is 1. The lowest BCUT2D eigenvalue weighted by atomic mass is 9.86. The van der Waals surface area contributed by atoms with E-state index in [1.54, 1.807) is 11.3 Å². The quantitative estimate of drug-likeness (QED) is 0.248. The van der Waals surface area contributed by atoms with Crippen molar-refractivity contribution in [1.29, 1.82) is 4.78 Å². The lowest BCUT2D eigenvalue weighted by Gasteiger charge is -2.28. The number of carbonyl (C=O) groups excluding carboxylic acids is 1. The van der Waals surface area contributed by atoms with Crippen molar-refractivity contribution < 1.29 is 13.7 Å². The molecule has 1 amide bonds. The summed E-state index contributed by atoms with van der Waals surface area (Å²) in [4.78, 5) is 18.1. The number of nitrogens with one attached hydrogen (secondary N) is 4. The van der Waals surface area contributed by atoms with Crippen LogP contribution >= 0.6 is 11.3 Å². The van der Waals surface area contributed by atoms with E-state index in [2.05, 4.69) is 20.8 Å². The maximum absolute atomic E-state index is 13.9. The fourth-order valence-corrected chi connectivity index (χ4v) is 7.13. The summed E-state index contributed by atoms with van der Waals surface area (Å²) in [7, 11) is -3.15. The van der Waals surface area contributed by atoms with E-state index in [0.717, 1.165) is 52.5 Å². The highest BCUT2D eigenvalue weighted by atomic mass is 32.2. The van der Waals surface area contributed by atoms with Crippen LogP contribution in [0, 0.1) is 11.7 Å². The number of nitrogens with zero attached hydrogens (tertiary/aromatic N) is 2. The smallest absolute Gasteiger partial charge is 0.407 e. The van der Waals surface area contributed by atoms with E-state index in [4.69, 9.17) is 14.5 Å². The molecule has 0 bridgehead atoms. The molecular weight excluding hydrogens is 520 g/mol. The Bertz CT molecular complexity index is 1380. The van der Waals surface area contributed by atoms with E-state index in [0.29, 0.717) is 16.6 Å². The molecular formula is C27H38N6O3S2. The molecule has 11 heteroatoms. The largest absolute Gasteiger partial charge is 0.447 e. The number of thiazole rings is 1. The minimum Gasteiger partial charge on any atom is -0.447 e. The van der Waals surface area contributed by atoms with Crippen molar-refractivity contribution in [1.82, 2.24) is 20.5 Å². The van der Waals surface area contributed by atoms with Crippen molar-refractivity contribution in [3.05, 3.63) is 41.2 Å². The fourth-order valence-electron chi connectivity index (χ4n) is 4.50. The molecule has 9 nitrogen and oxygen atoms in total. The molecule has 1 aliphatic rings. The summed E-state index contributed by atoms with van der Waals surface area (Å²) >= 11 is 1.60. The van der Waals surface area contributed by atoms with Crippen molar-refractivity contribution in [2.24, 2.45) is 0 Å². The van der Waals surface area contributed by atoms with Crippen LogP contribution in [0.3, 0.4) is 0 Å². The van der Waals surface area contributed by atoms with Gasteiger partial charge in [-0.2, -0.15) is 5.10 Å². The molecule has 0 radical (unpaired) electrons. The maximum atomic E-state index is 13.9. The molecule has 4 N–H and O–H groups in total. The van der Waals surface area contributed by atoms with Crippen LogP contribution in [0.15, 0.2) is 35.4 Å². The number of aromatic nitrogens is 3. The van der Waals surface area contributed by atoms with Crippen molar-refractivity contribution in [2.75, 3.05) is 5.32 Å². The Labute approximate surface area is 229 Å². The Kier molecular flexibility index (Phi) is 8.17. The summed E-state index contributed by atoms with van der Waals surface area (Å²) < 4.78 is 27.3. The van der Waals surface area contributed by atoms with E-state index in [1.807, 2.05) is 72.0 Å². The van der Waals surface area contributed by atoms with Crippen LogP contribution < -0.4 is 10.6 Å². The third kappa shape index (κ3) is 6.37. The average molecular weight is 559 g/mol. The van der Waals surface area contributed by atoms with E-state index >= 15 is 0 Å². The van der Waals surface area contributed by atoms with E-state index in [9.17, 15) is 9.00 Å². The number of alkyl carbamates (subject to hydrolysis) is 1. The van der Waals surface area contributed by atoms with Gasteiger partial charge in [-0.25, -0.2) is 18.8 Å². The summed E-state index contributed by atoms with van der Waals surface area (Å²) in [5, 5.41) is 14.4. The van der Waals surface area contributed by atoms with Crippen LogP contribution in [0.25, 0.3) is 10.4 Å². The summed E-state index contributed by atoms with van der Waals surface area (Å²) in [6.45, 7) is 11.1. The SMILES string of the molecule is Cc1cc(Nc2ccc(-c3cnc([C@H]4CC[C@H](NC(=O)OC(C)C)CC4)s3)c(S(=N)(=O)C(C)(C)C)c2)n[nH]1. The van der Waals surface area contributed by atoms with Crippen molar-refractivity contribution in [3.8, 4) is 10.4 Å². The van der Waals surface area contributed by atoms with Crippen LogP contribution in [-0.4, -0.2) is 42.4 Å². The number of aromatic amines is 1. The van der Waals surface area contributed by atoms with Crippen molar-refractivity contribution in [3.63, 3.8) is 0 Å². The first kappa shape index (κ1) is 28.1. The number of aryl methyl sites for hydroxylation is 1. The number of hydrogen-bond acceptors (Lipinski definition) is 8. The van der Waals surface area contributed by atoms with E-state index < -0.39 is 14.5 Å². The molecule has 1 aliphatic carbocycles. The highest BCUT2D eigenvalue weighted by molar-refractivity contribution is 7.94. The van der Waals surface area contributed by atoms with Crippen LogP contribution in [-0.2, 0) is 14.5 Å². The van der Waals surface area contributed by atoms with Crippen molar-refractivity contribution >= 4 is 38.7 Å². The zero-order valence-corrected chi connectivity index (χ0v) is 24.5. The third-order valence-electron chi connectivity index (χ3n) is 6.66. The molecule has 0 aliphatic heterocycles. The maximum Gasteiger partial charge on any atom is 0.407 e. The monoisotopic (exact) mass is 558 g/mol. The summed E-state index contributed by atoms with van der Waals surface area (Å²) in [6.07, 6.45) is 4.94. The number of rotatable bonds is 7. The highest BCUT2D eigenvalue weighted by Crippen LogP contribution is 2.42. The molecule has 1 aromatic carbocycles. The highest BCUT2D eigenvalue weighted by Gasteiger charge is 2.31. The summed E-state index contributed by atoms with van der Waals surface area (Å²) in [6, 6.07) is 7.67. The molecule has 1 atom stereocenters. The molecule has 3 aromatic rings. The number of hydrogen-bond donors (Lipinski definition) is 4. The lowest BCUT2D eigenvalue weighted by molar-refractivity contribution is 0.109. The Morgan fingerprint density at radius 3 is 2.53 bits per heavy atom. The molecule has 206 valence electrons. The molecule has 38 heavy (non-hydrogen) atoms. The normalized spacial score (nSPS) is 19.7. The number of ether oxygens (including phenoxy) is 1. The van der Waals surface area contributed by atoms with Gasteiger partial charge in [0.05, 0.1) is 30.6 Å². The molecule has 4 rings (SSSR count). The molecule has 1 fully saturated rings. The molecule has 0 saturated heterocycles. The van der Waals surface area contributed by atoms with Crippen LogP contribution in [0.1, 0.15) is 76.9 Å². The lowest BCUT2D eigenvalue weighted by Crippen LogP contribution is -2.38. The second-order valence-electron chi connectivity index (χ2n) is 11.2. The first-order chi connectivity index (χ1) is 17.8. The summed E-state index contributed by atoms with van der Waals surface area (Å²) in [5.41, 5.74) is 2.44. The van der Waals surface area contributed by atoms with Crippen molar-refractivity contribution in [2.45, 2.75) is 94.9 Å². The number of anilines is 2. The van der Waals surface area contributed by atoms with E-state index in [-0.39, 0.29) is 18.2 Å². The Morgan fingerprint density at radius 1 is 1.21 bits per heavy atom. The van der Waals surface area contributed by atoms with Crippen LogP contribution in [0.2, 0.25) is 0 Å². The van der Waals surface area contributed by atoms with Gasteiger partial charge in [0.15, 0.2) is 5.82 Å². The van der Waals surface area contributed by atoms with Gasteiger partial charge in [0.25, 0.3) is 0 Å². The Hall–Kier alpha value is -2.92. The van der Waals surface area contributed by atoms with Gasteiger partial charge in [-0.1, -0.05) is 6.07 Å². The number of H-pyrrole nitrogens is 1. The number of benzene rings is 1. The van der Waals surface area contributed by atoms with E-state index in [1.165, 1.54) is 0 Å². The predicted molar refractivity (Wildman–Crippen MR) is 153 cm³/mol. The van der Waals surface area contributed by atoms with Gasteiger partial charge in [-0.15, -0.1) is 11.3 Å². The average Bonchev–Trinajstić information content (AvgIpc) is 3.47. The zero-order valence-electron chi connectivity index (χ0n) is 22.9. The molecule has 2 heterocycles.